The minimum absolute atomic E-state index is 0.0456. The van der Waals surface area contributed by atoms with Crippen LogP contribution in [-0.4, -0.2) is 64.2 Å². The monoisotopic (exact) mass is 607 g/mol. The van der Waals surface area contributed by atoms with Crippen molar-refractivity contribution < 1.29 is 27.5 Å². The number of methoxy groups -OCH3 is 2. The summed E-state index contributed by atoms with van der Waals surface area (Å²) in [5.74, 6) is -0.0312. The molecule has 1 fully saturated rings. The average molecular weight is 608 g/mol. The van der Waals surface area contributed by atoms with Crippen molar-refractivity contribution >= 4 is 27.5 Å². The van der Waals surface area contributed by atoms with E-state index in [1.54, 1.807) is 18.2 Å². The third-order valence-corrected chi connectivity index (χ3v) is 8.88. The molecular formula is C33H41N3O6S. The predicted octanol–water partition coefficient (Wildman–Crippen LogP) is 4.56. The quantitative estimate of drug-likeness (QED) is 0.306. The van der Waals surface area contributed by atoms with Crippen LogP contribution in [0.1, 0.15) is 43.2 Å². The van der Waals surface area contributed by atoms with Gasteiger partial charge in [-0.25, -0.2) is 8.42 Å². The smallest absolute Gasteiger partial charge is 0.244 e. The summed E-state index contributed by atoms with van der Waals surface area (Å²) in [7, 11) is -1.01. The Balaban J connectivity index is 1.73. The van der Waals surface area contributed by atoms with Crippen LogP contribution < -0.4 is 19.1 Å². The van der Waals surface area contributed by atoms with Crippen molar-refractivity contribution in [1.29, 1.82) is 0 Å². The summed E-state index contributed by atoms with van der Waals surface area (Å²) in [6, 6.07) is 22.9. The van der Waals surface area contributed by atoms with E-state index in [0.29, 0.717) is 5.75 Å². The van der Waals surface area contributed by atoms with Crippen LogP contribution in [0.15, 0.2) is 78.9 Å². The molecule has 0 radical (unpaired) electrons. The summed E-state index contributed by atoms with van der Waals surface area (Å²) < 4.78 is 38.0. The molecule has 0 unspecified atom stereocenters. The van der Waals surface area contributed by atoms with E-state index >= 15 is 0 Å². The third-order valence-electron chi connectivity index (χ3n) is 7.75. The number of ether oxygens (including phenoxy) is 2. The first-order chi connectivity index (χ1) is 20.7. The number of sulfonamides is 1. The van der Waals surface area contributed by atoms with Gasteiger partial charge in [0.15, 0.2) is 0 Å². The van der Waals surface area contributed by atoms with Crippen molar-refractivity contribution in [2.45, 2.75) is 57.2 Å². The number of nitrogens with zero attached hydrogens (tertiary/aromatic N) is 2. The van der Waals surface area contributed by atoms with Crippen LogP contribution in [0.5, 0.6) is 11.5 Å². The van der Waals surface area contributed by atoms with E-state index in [4.69, 9.17) is 9.47 Å². The van der Waals surface area contributed by atoms with Gasteiger partial charge in [0.05, 0.1) is 26.2 Å². The molecule has 0 saturated heterocycles. The molecule has 0 spiro atoms. The number of anilines is 1. The zero-order chi connectivity index (χ0) is 30.8. The van der Waals surface area contributed by atoms with Crippen LogP contribution in [0, 0.1) is 0 Å². The van der Waals surface area contributed by atoms with Crippen molar-refractivity contribution in [1.82, 2.24) is 10.2 Å². The van der Waals surface area contributed by atoms with Crippen molar-refractivity contribution in [3.05, 3.63) is 90.0 Å². The second kappa shape index (κ2) is 14.9. The van der Waals surface area contributed by atoms with Crippen molar-refractivity contribution in [3.8, 4) is 11.5 Å². The molecule has 1 aliphatic carbocycles. The largest absolute Gasteiger partial charge is 0.497 e. The molecule has 0 aromatic heterocycles. The summed E-state index contributed by atoms with van der Waals surface area (Å²) in [6.45, 7) is -0.386. The molecule has 10 heteroatoms. The van der Waals surface area contributed by atoms with Crippen LogP contribution in [0.2, 0.25) is 0 Å². The lowest BCUT2D eigenvalue weighted by molar-refractivity contribution is -0.140. The van der Waals surface area contributed by atoms with Crippen LogP contribution in [0.3, 0.4) is 0 Å². The number of benzene rings is 3. The third kappa shape index (κ3) is 8.73. The number of nitrogens with one attached hydrogen (secondary N) is 1. The average Bonchev–Trinajstić information content (AvgIpc) is 3.02. The van der Waals surface area contributed by atoms with Crippen LogP contribution in [0.4, 0.5) is 5.69 Å². The minimum Gasteiger partial charge on any atom is -0.497 e. The Morgan fingerprint density at radius 1 is 0.884 bits per heavy atom. The Morgan fingerprint density at radius 2 is 1.51 bits per heavy atom. The lowest BCUT2D eigenvalue weighted by Crippen LogP contribution is -2.55. The van der Waals surface area contributed by atoms with Gasteiger partial charge in [0.1, 0.15) is 24.1 Å². The summed E-state index contributed by atoms with van der Waals surface area (Å²) in [5.41, 5.74) is 1.92. The molecule has 0 aliphatic heterocycles. The van der Waals surface area contributed by atoms with Gasteiger partial charge in [-0.15, -0.1) is 0 Å². The molecule has 0 bridgehead atoms. The van der Waals surface area contributed by atoms with Gasteiger partial charge in [-0.3, -0.25) is 13.9 Å². The maximum absolute atomic E-state index is 14.3. The fourth-order valence-corrected chi connectivity index (χ4v) is 6.32. The topological polar surface area (TPSA) is 105 Å². The molecule has 9 nitrogen and oxygen atoms in total. The number of amides is 2. The summed E-state index contributed by atoms with van der Waals surface area (Å²) in [5, 5.41) is 3.21. The van der Waals surface area contributed by atoms with Crippen LogP contribution in [0.25, 0.3) is 0 Å². The molecule has 1 N–H and O–H groups in total. The van der Waals surface area contributed by atoms with E-state index in [1.807, 2.05) is 60.7 Å². The van der Waals surface area contributed by atoms with Gasteiger partial charge in [0.25, 0.3) is 0 Å². The highest BCUT2D eigenvalue weighted by Gasteiger charge is 2.34. The number of hydrogen-bond acceptors (Lipinski definition) is 6. The van der Waals surface area contributed by atoms with Crippen molar-refractivity contribution in [2.75, 3.05) is 31.3 Å². The fourth-order valence-electron chi connectivity index (χ4n) is 5.46. The first-order valence-corrected chi connectivity index (χ1v) is 16.4. The second-order valence-electron chi connectivity index (χ2n) is 10.9. The molecule has 3 aromatic carbocycles. The van der Waals surface area contributed by atoms with E-state index in [9.17, 15) is 18.0 Å². The number of hydrogen-bond donors (Lipinski definition) is 1. The Morgan fingerprint density at radius 3 is 2.09 bits per heavy atom. The van der Waals surface area contributed by atoms with Gasteiger partial charge in [0, 0.05) is 25.1 Å². The Hall–Kier alpha value is -4.05. The Kier molecular flexibility index (Phi) is 11.1. The minimum atomic E-state index is -3.93. The zero-order valence-corrected chi connectivity index (χ0v) is 25.9. The van der Waals surface area contributed by atoms with Crippen molar-refractivity contribution in [3.63, 3.8) is 0 Å². The maximum atomic E-state index is 14.3. The summed E-state index contributed by atoms with van der Waals surface area (Å²) in [4.78, 5) is 29.8. The molecular weight excluding hydrogens is 566 g/mol. The van der Waals surface area contributed by atoms with Gasteiger partial charge < -0.3 is 19.7 Å². The molecule has 1 aliphatic rings. The molecule has 2 amide bonds. The molecule has 43 heavy (non-hydrogen) atoms. The van der Waals surface area contributed by atoms with Gasteiger partial charge in [-0.1, -0.05) is 79.9 Å². The van der Waals surface area contributed by atoms with Crippen LogP contribution >= 0.6 is 0 Å². The molecule has 1 atom stereocenters. The highest BCUT2D eigenvalue weighted by Crippen LogP contribution is 2.34. The highest BCUT2D eigenvalue weighted by molar-refractivity contribution is 7.92. The van der Waals surface area contributed by atoms with E-state index in [1.165, 1.54) is 19.1 Å². The summed E-state index contributed by atoms with van der Waals surface area (Å²) in [6.07, 6.45) is 6.37. The standard InChI is InChI=1S/C33H41N3O6S/c1-41-28-19-20-29(31(22-28)42-2)36(43(3,39)40)24-32(37)35(23-26-15-9-5-10-16-26)30(21-25-13-7-4-8-14-25)33(38)34-27-17-11-6-12-18-27/h4-5,7-10,13-16,19-20,22,27,30H,6,11-12,17-18,21,23-24H2,1-3H3,(H,34,38)/t30-/m1/s1. The van der Waals surface area contributed by atoms with Crippen LogP contribution in [-0.2, 0) is 32.6 Å². The van der Waals surface area contributed by atoms with Gasteiger partial charge in [-0.2, -0.15) is 0 Å². The highest BCUT2D eigenvalue weighted by atomic mass is 32.2. The molecule has 4 rings (SSSR count). The van der Waals surface area contributed by atoms with E-state index in [2.05, 4.69) is 5.32 Å². The molecule has 230 valence electrons. The van der Waals surface area contributed by atoms with E-state index < -0.39 is 28.5 Å². The first kappa shape index (κ1) is 31.9. The SMILES string of the molecule is COc1ccc(N(CC(=O)N(Cc2ccccc2)[C@H](Cc2ccccc2)C(=O)NC2CCCCC2)S(C)(=O)=O)c(OC)c1. The predicted molar refractivity (Wildman–Crippen MR) is 168 cm³/mol. The van der Waals surface area contributed by atoms with E-state index in [0.717, 1.165) is 53.8 Å². The Labute approximate surface area is 254 Å². The molecule has 0 heterocycles. The zero-order valence-electron chi connectivity index (χ0n) is 25.1. The molecule has 1 saturated carbocycles. The van der Waals surface area contributed by atoms with Gasteiger partial charge in [0.2, 0.25) is 21.8 Å². The van der Waals surface area contributed by atoms with Gasteiger partial charge in [-0.05, 0) is 36.1 Å². The number of carbonyl (C=O) groups is 2. The Bertz CT molecular complexity index is 1460. The first-order valence-electron chi connectivity index (χ1n) is 14.6. The van der Waals surface area contributed by atoms with Crippen molar-refractivity contribution in [2.24, 2.45) is 0 Å². The lowest BCUT2D eigenvalue weighted by Gasteiger charge is -2.35. The second-order valence-corrected chi connectivity index (χ2v) is 12.8. The van der Waals surface area contributed by atoms with E-state index in [-0.39, 0.29) is 36.4 Å². The molecule has 3 aromatic rings. The number of carbonyl (C=O) groups excluding carboxylic acids is 2. The van der Waals surface area contributed by atoms with Gasteiger partial charge >= 0.3 is 0 Å². The maximum Gasteiger partial charge on any atom is 0.244 e. The summed E-state index contributed by atoms with van der Waals surface area (Å²) >= 11 is 0. The lowest BCUT2D eigenvalue weighted by atomic mass is 9.94. The fraction of sp³-hybridized carbons (Fsp3) is 0.394. The number of rotatable bonds is 13. The normalized spacial score (nSPS) is 14.4.